The van der Waals surface area contributed by atoms with E-state index < -0.39 is 30.0 Å². The third-order valence-electron chi connectivity index (χ3n) is 2.92. The lowest BCUT2D eigenvalue weighted by Crippen LogP contribution is -2.59. The Labute approximate surface area is 121 Å². The van der Waals surface area contributed by atoms with Crippen LogP contribution in [-0.4, -0.2) is 71.8 Å². The minimum Gasteiger partial charge on any atom is -0.480 e. The van der Waals surface area contributed by atoms with Gasteiger partial charge in [-0.2, -0.15) is 11.8 Å². The number of rotatable bonds is 6. The van der Waals surface area contributed by atoms with Crippen molar-refractivity contribution in [3.63, 3.8) is 0 Å². The number of hydrogen-bond acceptors (Lipinski definition) is 5. The number of urea groups is 1. The summed E-state index contributed by atoms with van der Waals surface area (Å²) < 4.78 is 5.10. The van der Waals surface area contributed by atoms with Gasteiger partial charge in [0.05, 0.1) is 13.2 Å². The standard InChI is InChI=1S/C11H19N3O5S/c1-20-5-2-7(10(16)17)13-11(18)14-3-4-19-6-8(14)9(12)15/h7-8H,2-6H2,1H3,(H2,12,15)(H,13,18)(H,16,17)/t7-,8?/m1/s1. The Bertz CT molecular complexity index is 379. The van der Waals surface area contributed by atoms with Crippen LogP contribution in [0.25, 0.3) is 0 Å². The van der Waals surface area contributed by atoms with E-state index in [-0.39, 0.29) is 13.2 Å². The summed E-state index contributed by atoms with van der Waals surface area (Å²) in [4.78, 5) is 35.6. The van der Waals surface area contributed by atoms with E-state index >= 15 is 0 Å². The highest BCUT2D eigenvalue weighted by molar-refractivity contribution is 7.98. The molecular formula is C11H19N3O5S. The number of carboxylic acid groups (broad SMARTS) is 1. The van der Waals surface area contributed by atoms with Gasteiger partial charge in [0.1, 0.15) is 12.1 Å². The number of hydrogen-bond donors (Lipinski definition) is 3. The van der Waals surface area contributed by atoms with Gasteiger partial charge in [-0.05, 0) is 18.4 Å². The molecule has 0 aliphatic carbocycles. The summed E-state index contributed by atoms with van der Waals surface area (Å²) >= 11 is 1.49. The molecule has 0 bridgehead atoms. The van der Waals surface area contributed by atoms with E-state index in [1.54, 1.807) is 0 Å². The molecule has 0 aromatic rings. The Hall–Kier alpha value is -1.48. The van der Waals surface area contributed by atoms with Crippen LogP contribution in [0.4, 0.5) is 4.79 Å². The van der Waals surface area contributed by atoms with Gasteiger partial charge in [-0.25, -0.2) is 9.59 Å². The first kappa shape index (κ1) is 16.6. The number of thioether (sulfide) groups is 1. The highest BCUT2D eigenvalue weighted by Gasteiger charge is 2.33. The lowest BCUT2D eigenvalue weighted by Gasteiger charge is -2.34. The number of nitrogens with one attached hydrogen (secondary N) is 1. The zero-order valence-electron chi connectivity index (χ0n) is 11.2. The summed E-state index contributed by atoms with van der Waals surface area (Å²) in [5.74, 6) is -1.16. The first-order valence-electron chi connectivity index (χ1n) is 6.13. The Morgan fingerprint density at radius 1 is 1.55 bits per heavy atom. The van der Waals surface area contributed by atoms with Gasteiger partial charge in [0.15, 0.2) is 0 Å². The average molecular weight is 305 g/mol. The second-order valence-electron chi connectivity index (χ2n) is 4.31. The molecule has 2 atom stereocenters. The molecule has 20 heavy (non-hydrogen) atoms. The predicted molar refractivity (Wildman–Crippen MR) is 73.5 cm³/mol. The molecule has 1 aliphatic heterocycles. The number of primary amides is 1. The number of nitrogens with zero attached hydrogens (tertiary/aromatic N) is 1. The van der Waals surface area contributed by atoms with Crippen LogP contribution in [0.1, 0.15) is 6.42 Å². The summed E-state index contributed by atoms with van der Waals surface area (Å²) in [7, 11) is 0. The Morgan fingerprint density at radius 2 is 2.25 bits per heavy atom. The first-order valence-corrected chi connectivity index (χ1v) is 7.52. The molecule has 0 saturated carbocycles. The van der Waals surface area contributed by atoms with Crippen molar-refractivity contribution in [2.75, 3.05) is 31.8 Å². The number of morpholine rings is 1. The molecule has 9 heteroatoms. The Balaban J connectivity index is 2.66. The van der Waals surface area contributed by atoms with Gasteiger partial charge in [-0.15, -0.1) is 0 Å². The fourth-order valence-corrected chi connectivity index (χ4v) is 2.28. The smallest absolute Gasteiger partial charge is 0.326 e. The van der Waals surface area contributed by atoms with Crippen LogP contribution < -0.4 is 11.1 Å². The minimum atomic E-state index is -1.10. The first-order chi connectivity index (χ1) is 9.47. The third kappa shape index (κ3) is 4.57. The van der Waals surface area contributed by atoms with Crippen molar-refractivity contribution in [3.8, 4) is 0 Å². The van der Waals surface area contributed by atoms with Gasteiger partial charge in [-0.1, -0.05) is 0 Å². The molecule has 1 aliphatic rings. The molecule has 1 fully saturated rings. The van der Waals surface area contributed by atoms with Gasteiger partial charge in [0, 0.05) is 6.54 Å². The third-order valence-corrected chi connectivity index (χ3v) is 3.57. The van der Waals surface area contributed by atoms with E-state index in [0.29, 0.717) is 18.8 Å². The number of carbonyl (C=O) groups excluding carboxylic acids is 2. The number of amides is 3. The van der Waals surface area contributed by atoms with Crippen LogP contribution in [0.2, 0.25) is 0 Å². The maximum Gasteiger partial charge on any atom is 0.326 e. The van der Waals surface area contributed by atoms with Gasteiger partial charge >= 0.3 is 12.0 Å². The predicted octanol–water partition coefficient (Wildman–Crippen LogP) is -0.912. The second-order valence-corrected chi connectivity index (χ2v) is 5.29. The summed E-state index contributed by atoms with van der Waals surface area (Å²) in [6, 6.07) is -2.45. The molecule has 4 N–H and O–H groups in total. The molecule has 0 aromatic heterocycles. The van der Waals surface area contributed by atoms with Crippen molar-refractivity contribution in [2.45, 2.75) is 18.5 Å². The zero-order valence-corrected chi connectivity index (χ0v) is 12.0. The maximum atomic E-state index is 12.1. The van der Waals surface area contributed by atoms with E-state index in [1.165, 1.54) is 16.7 Å². The molecule has 0 aromatic carbocycles. The van der Waals surface area contributed by atoms with Crippen molar-refractivity contribution in [2.24, 2.45) is 5.73 Å². The molecule has 114 valence electrons. The second kappa shape index (κ2) is 7.95. The highest BCUT2D eigenvalue weighted by atomic mass is 32.2. The number of carbonyl (C=O) groups is 3. The van der Waals surface area contributed by atoms with Crippen LogP contribution in [0.3, 0.4) is 0 Å². The lowest BCUT2D eigenvalue weighted by molar-refractivity contribution is -0.139. The molecule has 0 radical (unpaired) electrons. The Morgan fingerprint density at radius 3 is 2.80 bits per heavy atom. The topological polar surface area (TPSA) is 122 Å². The lowest BCUT2D eigenvalue weighted by atomic mass is 10.2. The monoisotopic (exact) mass is 305 g/mol. The fraction of sp³-hybridized carbons (Fsp3) is 0.727. The van der Waals surface area contributed by atoms with Gasteiger partial charge in [0.2, 0.25) is 5.91 Å². The quantitative estimate of drug-likeness (QED) is 0.584. The van der Waals surface area contributed by atoms with Crippen LogP contribution in [0.5, 0.6) is 0 Å². The highest BCUT2D eigenvalue weighted by Crippen LogP contribution is 2.08. The molecule has 1 rings (SSSR count). The van der Waals surface area contributed by atoms with Crippen molar-refractivity contribution >= 4 is 29.7 Å². The van der Waals surface area contributed by atoms with E-state index in [2.05, 4.69) is 5.32 Å². The molecule has 8 nitrogen and oxygen atoms in total. The number of carboxylic acids is 1. The molecule has 3 amide bonds. The van der Waals surface area contributed by atoms with Crippen LogP contribution in [0, 0.1) is 0 Å². The molecular weight excluding hydrogens is 286 g/mol. The minimum absolute atomic E-state index is 0.0330. The molecule has 1 heterocycles. The summed E-state index contributed by atoms with van der Waals surface area (Å²) in [6.07, 6.45) is 2.17. The van der Waals surface area contributed by atoms with Crippen LogP contribution >= 0.6 is 11.8 Å². The van der Waals surface area contributed by atoms with Gasteiger partial charge < -0.3 is 25.8 Å². The molecule has 0 spiro atoms. The van der Waals surface area contributed by atoms with E-state index in [4.69, 9.17) is 15.6 Å². The van der Waals surface area contributed by atoms with Crippen molar-refractivity contribution in [1.29, 1.82) is 0 Å². The normalized spacial score (nSPS) is 20.2. The fourth-order valence-electron chi connectivity index (χ4n) is 1.81. The summed E-state index contributed by atoms with van der Waals surface area (Å²) in [5, 5.41) is 11.5. The van der Waals surface area contributed by atoms with Crippen LogP contribution in [-0.2, 0) is 14.3 Å². The Kier molecular flexibility index (Phi) is 6.59. The number of nitrogens with two attached hydrogens (primary N) is 1. The van der Waals surface area contributed by atoms with E-state index in [1.807, 2.05) is 6.26 Å². The van der Waals surface area contributed by atoms with Gasteiger partial charge in [-0.3, -0.25) is 4.79 Å². The zero-order chi connectivity index (χ0) is 15.1. The molecule has 1 unspecified atom stereocenters. The summed E-state index contributed by atoms with van der Waals surface area (Å²) in [6.45, 7) is 0.527. The maximum absolute atomic E-state index is 12.1. The van der Waals surface area contributed by atoms with E-state index in [0.717, 1.165) is 0 Å². The average Bonchev–Trinajstić information content (AvgIpc) is 2.42. The van der Waals surface area contributed by atoms with Crippen molar-refractivity contribution in [3.05, 3.63) is 0 Å². The van der Waals surface area contributed by atoms with Crippen molar-refractivity contribution < 1.29 is 24.2 Å². The van der Waals surface area contributed by atoms with Gasteiger partial charge in [0.25, 0.3) is 0 Å². The number of ether oxygens (including phenoxy) is 1. The van der Waals surface area contributed by atoms with Crippen molar-refractivity contribution in [1.82, 2.24) is 10.2 Å². The summed E-state index contributed by atoms with van der Waals surface area (Å²) in [5.41, 5.74) is 5.21. The molecule has 1 saturated heterocycles. The van der Waals surface area contributed by atoms with Crippen LogP contribution in [0.15, 0.2) is 0 Å². The SMILES string of the molecule is CSCC[C@@H](NC(=O)N1CCOCC1C(N)=O)C(=O)O. The largest absolute Gasteiger partial charge is 0.480 e. The number of aliphatic carboxylic acids is 1. The van der Waals surface area contributed by atoms with E-state index in [9.17, 15) is 14.4 Å².